The average molecular weight is 312 g/mol. The van der Waals surface area contributed by atoms with Gasteiger partial charge >= 0.3 is 5.97 Å². The lowest BCUT2D eigenvalue weighted by atomic mass is 9.93. The molecule has 0 aliphatic heterocycles. The summed E-state index contributed by atoms with van der Waals surface area (Å²) < 4.78 is 54.2. The van der Waals surface area contributed by atoms with E-state index in [1.807, 2.05) is 6.92 Å². The summed E-state index contributed by atoms with van der Waals surface area (Å²) in [4.78, 5) is 11.0. The summed E-state index contributed by atoms with van der Waals surface area (Å²) in [7, 11) is 0. The standard InChI is InChI=1S/C16H12F4O2/c1-2-3-8-4-5-10(16(21)22)14(19)13(8)9-6-11(17)15(20)12(18)7-9/h4-7H,2-3H2,1H3,(H,21,22). The van der Waals surface area contributed by atoms with Crippen LogP contribution in [0, 0.1) is 23.3 Å². The maximum Gasteiger partial charge on any atom is 0.338 e. The Bertz CT molecular complexity index is 718. The molecule has 0 atom stereocenters. The third-order valence-corrected chi connectivity index (χ3v) is 3.25. The van der Waals surface area contributed by atoms with E-state index in [9.17, 15) is 22.4 Å². The van der Waals surface area contributed by atoms with Crippen molar-refractivity contribution in [2.24, 2.45) is 0 Å². The SMILES string of the molecule is CCCc1ccc(C(=O)O)c(F)c1-c1cc(F)c(F)c(F)c1. The Kier molecular flexibility index (Phi) is 4.49. The second kappa shape index (κ2) is 6.17. The molecule has 0 bridgehead atoms. The highest BCUT2D eigenvalue weighted by Gasteiger charge is 2.21. The maximum absolute atomic E-state index is 14.4. The summed E-state index contributed by atoms with van der Waals surface area (Å²) in [6, 6.07) is 3.80. The number of hydrogen-bond donors (Lipinski definition) is 1. The topological polar surface area (TPSA) is 37.3 Å². The number of halogens is 4. The van der Waals surface area contributed by atoms with Crippen LogP contribution in [0.25, 0.3) is 11.1 Å². The van der Waals surface area contributed by atoms with E-state index in [0.29, 0.717) is 30.5 Å². The maximum atomic E-state index is 14.4. The van der Waals surface area contributed by atoms with Gasteiger partial charge in [-0.15, -0.1) is 0 Å². The summed E-state index contributed by atoms with van der Waals surface area (Å²) in [5, 5.41) is 8.96. The minimum absolute atomic E-state index is 0.223. The van der Waals surface area contributed by atoms with Crippen LogP contribution in [-0.2, 0) is 6.42 Å². The Balaban J connectivity index is 2.76. The summed E-state index contributed by atoms with van der Waals surface area (Å²) in [6.07, 6.45) is 0.998. The molecule has 1 N–H and O–H groups in total. The first-order valence-corrected chi connectivity index (χ1v) is 6.56. The van der Waals surface area contributed by atoms with Crippen molar-refractivity contribution < 1.29 is 27.5 Å². The van der Waals surface area contributed by atoms with E-state index >= 15 is 0 Å². The second-order valence-electron chi connectivity index (χ2n) is 4.77. The molecule has 6 heteroatoms. The lowest BCUT2D eigenvalue weighted by Crippen LogP contribution is -2.05. The molecule has 0 saturated heterocycles. The fourth-order valence-corrected chi connectivity index (χ4v) is 2.27. The number of aromatic carboxylic acids is 1. The van der Waals surface area contributed by atoms with E-state index in [2.05, 4.69) is 0 Å². The van der Waals surface area contributed by atoms with Crippen molar-refractivity contribution in [2.45, 2.75) is 19.8 Å². The fourth-order valence-electron chi connectivity index (χ4n) is 2.27. The van der Waals surface area contributed by atoms with Gasteiger partial charge in [-0.25, -0.2) is 22.4 Å². The molecule has 0 radical (unpaired) electrons. The summed E-state index contributed by atoms with van der Waals surface area (Å²) >= 11 is 0. The summed E-state index contributed by atoms with van der Waals surface area (Å²) in [5.74, 6) is -7.17. The van der Waals surface area contributed by atoms with Gasteiger partial charge in [-0.2, -0.15) is 0 Å². The fraction of sp³-hybridized carbons (Fsp3) is 0.188. The van der Waals surface area contributed by atoms with Gasteiger partial charge in [0, 0.05) is 5.56 Å². The van der Waals surface area contributed by atoms with Crippen LogP contribution >= 0.6 is 0 Å². The molecular weight excluding hydrogens is 300 g/mol. The average Bonchev–Trinajstić information content (AvgIpc) is 2.44. The van der Waals surface area contributed by atoms with Crippen molar-refractivity contribution in [3.05, 3.63) is 58.7 Å². The number of aryl methyl sites for hydroxylation is 1. The zero-order valence-electron chi connectivity index (χ0n) is 11.6. The first-order valence-electron chi connectivity index (χ1n) is 6.56. The number of carboxylic acids is 1. The Morgan fingerprint density at radius 3 is 2.14 bits per heavy atom. The van der Waals surface area contributed by atoms with E-state index in [4.69, 9.17) is 5.11 Å². The van der Waals surface area contributed by atoms with Crippen LogP contribution in [0.3, 0.4) is 0 Å². The van der Waals surface area contributed by atoms with Crippen molar-refractivity contribution in [3.63, 3.8) is 0 Å². The Labute approximate surface area is 124 Å². The van der Waals surface area contributed by atoms with E-state index in [0.717, 1.165) is 6.07 Å². The number of rotatable bonds is 4. The van der Waals surface area contributed by atoms with Crippen LogP contribution in [0.1, 0.15) is 29.3 Å². The van der Waals surface area contributed by atoms with Crippen molar-refractivity contribution in [1.29, 1.82) is 0 Å². The molecule has 2 aromatic carbocycles. The lowest BCUT2D eigenvalue weighted by molar-refractivity contribution is 0.0692. The molecule has 2 rings (SSSR count). The van der Waals surface area contributed by atoms with Gasteiger partial charge in [0.25, 0.3) is 0 Å². The highest BCUT2D eigenvalue weighted by atomic mass is 19.2. The van der Waals surface area contributed by atoms with Gasteiger partial charge in [-0.3, -0.25) is 0 Å². The molecule has 0 unspecified atom stereocenters. The van der Waals surface area contributed by atoms with E-state index in [1.165, 1.54) is 6.07 Å². The van der Waals surface area contributed by atoms with Crippen LogP contribution in [0.2, 0.25) is 0 Å². The first-order chi connectivity index (χ1) is 10.4. The molecule has 0 heterocycles. The van der Waals surface area contributed by atoms with Crippen molar-refractivity contribution in [3.8, 4) is 11.1 Å². The quantitative estimate of drug-likeness (QED) is 0.664. The molecule has 0 amide bonds. The predicted molar refractivity (Wildman–Crippen MR) is 72.7 cm³/mol. The Morgan fingerprint density at radius 1 is 1.05 bits per heavy atom. The molecule has 0 aliphatic carbocycles. The van der Waals surface area contributed by atoms with Crippen LogP contribution in [-0.4, -0.2) is 11.1 Å². The number of benzene rings is 2. The molecule has 0 aromatic heterocycles. The molecule has 0 saturated carbocycles. The number of carbonyl (C=O) groups is 1. The number of hydrogen-bond acceptors (Lipinski definition) is 1. The van der Waals surface area contributed by atoms with E-state index in [-0.39, 0.29) is 11.1 Å². The minimum Gasteiger partial charge on any atom is -0.478 e. The number of carboxylic acid groups (broad SMARTS) is 1. The van der Waals surface area contributed by atoms with Gasteiger partial charge in [0.05, 0.1) is 5.56 Å². The van der Waals surface area contributed by atoms with Gasteiger partial charge in [-0.05, 0) is 35.7 Å². The molecule has 2 nitrogen and oxygen atoms in total. The lowest BCUT2D eigenvalue weighted by Gasteiger charge is -2.13. The third-order valence-electron chi connectivity index (χ3n) is 3.25. The zero-order valence-corrected chi connectivity index (χ0v) is 11.6. The van der Waals surface area contributed by atoms with Crippen LogP contribution in [0.5, 0.6) is 0 Å². The molecular formula is C16H12F4O2. The van der Waals surface area contributed by atoms with Gasteiger partial charge in [0.15, 0.2) is 17.5 Å². The highest BCUT2D eigenvalue weighted by Crippen LogP contribution is 2.32. The minimum atomic E-state index is -1.66. The smallest absolute Gasteiger partial charge is 0.338 e. The summed E-state index contributed by atoms with van der Waals surface area (Å²) in [6.45, 7) is 1.82. The third kappa shape index (κ3) is 2.81. The van der Waals surface area contributed by atoms with E-state index in [1.54, 1.807) is 0 Å². The Morgan fingerprint density at radius 2 is 1.64 bits per heavy atom. The first kappa shape index (κ1) is 16.0. The molecule has 0 fully saturated rings. The zero-order chi connectivity index (χ0) is 16.4. The molecule has 116 valence electrons. The monoisotopic (exact) mass is 312 g/mol. The van der Waals surface area contributed by atoms with Gasteiger partial charge in [-0.1, -0.05) is 19.4 Å². The van der Waals surface area contributed by atoms with Gasteiger partial charge in [0.2, 0.25) is 0 Å². The van der Waals surface area contributed by atoms with Crippen LogP contribution < -0.4 is 0 Å². The molecule has 22 heavy (non-hydrogen) atoms. The normalized spacial score (nSPS) is 10.8. The highest BCUT2D eigenvalue weighted by molar-refractivity contribution is 5.90. The van der Waals surface area contributed by atoms with E-state index < -0.39 is 34.8 Å². The predicted octanol–water partition coefficient (Wildman–Crippen LogP) is 4.56. The van der Waals surface area contributed by atoms with Crippen molar-refractivity contribution in [2.75, 3.05) is 0 Å². The largest absolute Gasteiger partial charge is 0.478 e. The summed E-state index contributed by atoms with van der Waals surface area (Å²) in [5.41, 5.74) is -0.671. The van der Waals surface area contributed by atoms with Crippen LogP contribution in [0.4, 0.5) is 17.6 Å². The van der Waals surface area contributed by atoms with Crippen LogP contribution in [0.15, 0.2) is 24.3 Å². The molecule has 2 aromatic rings. The van der Waals surface area contributed by atoms with Gasteiger partial charge in [0.1, 0.15) is 5.82 Å². The van der Waals surface area contributed by atoms with Crippen molar-refractivity contribution >= 4 is 5.97 Å². The van der Waals surface area contributed by atoms with Crippen molar-refractivity contribution in [1.82, 2.24) is 0 Å². The van der Waals surface area contributed by atoms with Gasteiger partial charge < -0.3 is 5.11 Å². The second-order valence-corrected chi connectivity index (χ2v) is 4.77. The molecule has 0 spiro atoms. The Hall–Kier alpha value is -2.37. The molecule has 0 aliphatic rings.